The SMILES string of the molecule is COc1ccccc1C(=O)N1CCN(C(C)C(N)=O)CC1. The minimum Gasteiger partial charge on any atom is -0.496 e. The molecule has 1 unspecified atom stereocenters. The van der Waals surface area contributed by atoms with Crippen LogP contribution in [0.3, 0.4) is 0 Å². The molecule has 0 aliphatic carbocycles. The lowest BCUT2D eigenvalue weighted by molar-refractivity contribution is -0.123. The van der Waals surface area contributed by atoms with E-state index in [1.165, 1.54) is 0 Å². The fraction of sp³-hybridized carbons (Fsp3) is 0.467. The molecule has 1 aliphatic heterocycles. The highest BCUT2D eigenvalue weighted by Gasteiger charge is 2.27. The van der Waals surface area contributed by atoms with E-state index < -0.39 is 0 Å². The fourth-order valence-electron chi connectivity index (χ4n) is 2.48. The van der Waals surface area contributed by atoms with Crippen molar-refractivity contribution in [2.24, 2.45) is 5.73 Å². The topological polar surface area (TPSA) is 75.9 Å². The second kappa shape index (κ2) is 6.58. The zero-order valence-electron chi connectivity index (χ0n) is 12.4. The van der Waals surface area contributed by atoms with E-state index in [4.69, 9.17) is 10.5 Å². The predicted molar refractivity (Wildman–Crippen MR) is 79.1 cm³/mol. The van der Waals surface area contributed by atoms with Crippen molar-refractivity contribution >= 4 is 11.8 Å². The lowest BCUT2D eigenvalue weighted by Crippen LogP contribution is -2.54. The van der Waals surface area contributed by atoms with Crippen LogP contribution >= 0.6 is 0 Å². The number of nitrogens with two attached hydrogens (primary N) is 1. The Morgan fingerprint density at radius 3 is 2.38 bits per heavy atom. The van der Waals surface area contributed by atoms with Gasteiger partial charge in [-0.05, 0) is 19.1 Å². The number of carbonyl (C=O) groups excluding carboxylic acids is 2. The lowest BCUT2D eigenvalue weighted by Gasteiger charge is -2.37. The smallest absolute Gasteiger partial charge is 0.257 e. The number of hydrogen-bond acceptors (Lipinski definition) is 4. The highest BCUT2D eigenvalue weighted by Crippen LogP contribution is 2.20. The number of benzene rings is 1. The number of primary amides is 1. The number of amides is 2. The molecule has 1 aliphatic rings. The molecule has 2 amide bonds. The first kappa shape index (κ1) is 15.3. The van der Waals surface area contributed by atoms with Gasteiger partial charge < -0.3 is 15.4 Å². The molecule has 0 aromatic heterocycles. The zero-order chi connectivity index (χ0) is 15.4. The largest absolute Gasteiger partial charge is 0.496 e. The molecule has 0 spiro atoms. The molecule has 2 rings (SSSR count). The number of rotatable bonds is 4. The van der Waals surface area contributed by atoms with E-state index in [0.717, 1.165) is 0 Å². The average Bonchev–Trinajstić information content (AvgIpc) is 2.53. The van der Waals surface area contributed by atoms with Crippen LogP contribution < -0.4 is 10.5 Å². The Kier molecular flexibility index (Phi) is 4.80. The van der Waals surface area contributed by atoms with Gasteiger partial charge in [-0.3, -0.25) is 14.5 Å². The van der Waals surface area contributed by atoms with Gasteiger partial charge in [0.2, 0.25) is 5.91 Å². The molecule has 114 valence electrons. The zero-order valence-corrected chi connectivity index (χ0v) is 12.4. The van der Waals surface area contributed by atoms with Crippen LogP contribution in [0.1, 0.15) is 17.3 Å². The van der Waals surface area contributed by atoms with Crippen molar-refractivity contribution in [3.63, 3.8) is 0 Å². The molecule has 2 N–H and O–H groups in total. The molecule has 1 saturated heterocycles. The van der Waals surface area contributed by atoms with E-state index in [2.05, 4.69) is 0 Å². The van der Waals surface area contributed by atoms with Crippen LogP contribution in [-0.4, -0.2) is 60.9 Å². The Morgan fingerprint density at radius 1 is 1.19 bits per heavy atom. The number of hydrogen-bond donors (Lipinski definition) is 1. The highest BCUT2D eigenvalue weighted by molar-refractivity contribution is 5.97. The first-order valence-corrected chi connectivity index (χ1v) is 7.00. The van der Waals surface area contributed by atoms with Gasteiger partial charge in [0.25, 0.3) is 5.91 Å². The Hall–Kier alpha value is -2.08. The monoisotopic (exact) mass is 291 g/mol. The summed E-state index contributed by atoms with van der Waals surface area (Å²) in [5, 5.41) is 0. The summed E-state index contributed by atoms with van der Waals surface area (Å²) in [5.41, 5.74) is 5.88. The van der Waals surface area contributed by atoms with Gasteiger partial charge in [0.1, 0.15) is 5.75 Å². The predicted octanol–water partition coefficient (Wildman–Crippen LogP) is 0.327. The van der Waals surface area contributed by atoms with Gasteiger partial charge in [-0.1, -0.05) is 12.1 Å². The third kappa shape index (κ3) is 3.33. The van der Waals surface area contributed by atoms with E-state index in [1.807, 2.05) is 17.0 Å². The van der Waals surface area contributed by atoms with Crippen LogP contribution in [0.25, 0.3) is 0 Å². The molecule has 1 fully saturated rings. The standard InChI is InChI=1S/C15H21N3O3/c1-11(14(16)19)17-7-9-18(10-8-17)15(20)12-5-3-4-6-13(12)21-2/h3-6,11H,7-10H2,1-2H3,(H2,16,19). The second-order valence-corrected chi connectivity index (χ2v) is 5.11. The number of nitrogens with zero attached hydrogens (tertiary/aromatic N) is 2. The van der Waals surface area contributed by atoms with Crippen LogP contribution in [0, 0.1) is 0 Å². The van der Waals surface area contributed by atoms with Crippen LogP contribution in [0.15, 0.2) is 24.3 Å². The number of carbonyl (C=O) groups is 2. The molecule has 0 bridgehead atoms. The van der Waals surface area contributed by atoms with Crippen LogP contribution in [0.5, 0.6) is 5.75 Å². The van der Waals surface area contributed by atoms with Crippen molar-refractivity contribution in [3.8, 4) is 5.75 Å². The third-order valence-electron chi connectivity index (χ3n) is 3.90. The summed E-state index contributed by atoms with van der Waals surface area (Å²) in [6.07, 6.45) is 0. The molecule has 1 aromatic rings. The maximum atomic E-state index is 12.5. The molecule has 21 heavy (non-hydrogen) atoms. The van der Waals surface area contributed by atoms with Gasteiger partial charge in [0.05, 0.1) is 18.7 Å². The van der Waals surface area contributed by atoms with Crippen molar-refractivity contribution in [1.29, 1.82) is 0 Å². The summed E-state index contributed by atoms with van der Waals surface area (Å²) in [7, 11) is 1.55. The summed E-state index contributed by atoms with van der Waals surface area (Å²) in [5.74, 6) is 0.203. The Labute approximate surface area is 124 Å². The molecule has 6 nitrogen and oxygen atoms in total. The van der Waals surface area contributed by atoms with Gasteiger partial charge in [0.15, 0.2) is 0 Å². The van der Waals surface area contributed by atoms with E-state index in [-0.39, 0.29) is 17.9 Å². The van der Waals surface area contributed by atoms with Gasteiger partial charge >= 0.3 is 0 Å². The lowest BCUT2D eigenvalue weighted by atomic mass is 10.1. The molecule has 1 atom stereocenters. The van der Waals surface area contributed by atoms with E-state index in [1.54, 1.807) is 31.1 Å². The van der Waals surface area contributed by atoms with Gasteiger partial charge in [-0.25, -0.2) is 0 Å². The number of methoxy groups -OCH3 is 1. The first-order valence-electron chi connectivity index (χ1n) is 7.00. The summed E-state index contributed by atoms with van der Waals surface area (Å²) < 4.78 is 5.23. The summed E-state index contributed by atoms with van der Waals surface area (Å²) in [6, 6.07) is 6.90. The first-order chi connectivity index (χ1) is 10.0. The quantitative estimate of drug-likeness (QED) is 0.867. The van der Waals surface area contributed by atoms with Gasteiger partial charge in [0, 0.05) is 26.2 Å². The summed E-state index contributed by atoms with van der Waals surface area (Å²) in [4.78, 5) is 27.5. The Bertz CT molecular complexity index is 525. The maximum Gasteiger partial charge on any atom is 0.257 e. The Morgan fingerprint density at radius 2 is 1.81 bits per heavy atom. The van der Waals surface area contributed by atoms with E-state index in [0.29, 0.717) is 37.5 Å². The van der Waals surface area contributed by atoms with Crippen molar-refractivity contribution in [1.82, 2.24) is 9.80 Å². The molecular weight excluding hydrogens is 270 g/mol. The molecular formula is C15H21N3O3. The van der Waals surface area contributed by atoms with Crippen molar-refractivity contribution in [2.75, 3.05) is 33.3 Å². The molecule has 0 saturated carbocycles. The average molecular weight is 291 g/mol. The minimum atomic E-state index is -0.334. The van der Waals surface area contributed by atoms with Crippen LogP contribution in [0.4, 0.5) is 0 Å². The number of ether oxygens (including phenoxy) is 1. The van der Waals surface area contributed by atoms with E-state index >= 15 is 0 Å². The van der Waals surface area contributed by atoms with E-state index in [9.17, 15) is 9.59 Å². The summed E-state index contributed by atoms with van der Waals surface area (Å²) in [6.45, 7) is 4.24. The number of para-hydroxylation sites is 1. The van der Waals surface area contributed by atoms with Gasteiger partial charge in [-0.2, -0.15) is 0 Å². The fourth-order valence-corrected chi connectivity index (χ4v) is 2.48. The van der Waals surface area contributed by atoms with Crippen molar-refractivity contribution < 1.29 is 14.3 Å². The van der Waals surface area contributed by atoms with Crippen LogP contribution in [-0.2, 0) is 4.79 Å². The maximum absolute atomic E-state index is 12.5. The highest BCUT2D eigenvalue weighted by atomic mass is 16.5. The second-order valence-electron chi connectivity index (χ2n) is 5.11. The normalized spacial score (nSPS) is 17.3. The molecule has 0 radical (unpaired) electrons. The van der Waals surface area contributed by atoms with Crippen molar-refractivity contribution in [2.45, 2.75) is 13.0 Å². The minimum absolute atomic E-state index is 0.0428. The molecule has 1 heterocycles. The Balaban J connectivity index is 2.02. The van der Waals surface area contributed by atoms with Crippen LogP contribution in [0.2, 0.25) is 0 Å². The van der Waals surface area contributed by atoms with Crippen molar-refractivity contribution in [3.05, 3.63) is 29.8 Å². The molecule has 1 aromatic carbocycles. The molecule has 6 heteroatoms. The van der Waals surface area contributed by atoms with Gasteiger partial charge in [-0.15, -0.1) is 0 Å². The summed E-state index contributed by atoms with van der Waals surface area (Å²) >= 11 is 0. The number of piperazine rings is 1. The third-order valence-corrected chi connectivity index (χ3v) is 3.90.